The molecule has 1 saturated heterocycles. The monoisotopic (exact) mass is 422 g/mol. The first kappa shape index (κ1) is 20.2. The van der Waals surface area contributed by atoms with Gasteiger partial charge in [0.25, 0.3) is 11.6 Å². The molecule has 146 valence electrons. The van der Waals surface area contributed by atoms with Crippen molar-refractivity contribution in [2.45, 2.75) is 4.58 Å². The molecule has 0 saturated carbocycles. The van der Waals surface area contributed by atoms with E-state index in [9.17, 15) is 24.1 Å². The molecule has 2 aromatic carbocycles. The van der Waals surface area contributed by atoms with Gasteiger partial charge >= 0.3 is 5.97 Å². The molecule has 0 unspecified atom stereocenters. The largest absolute Gasteiger partial charge is 0.452 e. The molecule has 1 N–H and O–H groups in total. The molecule has 7 nitrogen and oxygen atoms in total. The van der Waals surface area contributed by atoms with Crippen LogP contribution in [0.2, 0.25) is 0 Å². The van der Waals surface area contributed by atoms with Gasteiger partial charge in [-0.15, -0.1) is 23.5 Å². The average Bonchev–Trinajstić information content (AvgIpc) is 3.22. The van der Waals surface area contributed by atoms with Crippen molar-refractivity contribution >= 4 is 46.8 Å². The molecular formula is C18H15FN2O5S2. The predicted molar refractivity (Wildman–Crippen MR) is 106 cm³/mol. The van der Waals surface area contributed by atoms with Gasteiger partial charge in [-0.3, -0.25) is 14.9 Å². The maximum absolute atomic E-state index is 13.7. The van der Waals surface area contributed by atoms with Gasteiger partial charge in [-0.1, -0.05) is 12.1 Å². The van der Waals surface area contributed by atoms with Crippen LogP contribution in [-0.2, 0) is 9.53 Å². The molecule has 0 aliphatic carbocycles. The minimum Gasteiger partial charge on any atom is -0.452 e. The number of benzene rings is 2. The number of rotatable bonds is 6. The Balaban J connectivity index is 1.55. The van der Waals surface area contributed by atoms with E-state index in [1.54, 1.807) is 12.1 Å². The van der Waals surface area contributed by atoms with Crippen LogP contribution in [0.5, 0.6) is 0 Å². The summed E-state index contributed by atoms with van der Waals surface area (Å²) in [7, 11) is 0. The highest BCUT2D eigenvalue weighted by Gasteiger charge is 2.19. The Morgan fingerprint density at radius 2 is 1.86 bits per heavy atom. The molecule has 0 aromatic heterocycles. The summed E-state index contributed by atoms with van der Waals surface area (Å²) < 4.78 is 19.0. The molecule has 3 rings (SSSR count). The quantitative estimate of drug-likeness (QED) is 0.427. The summed E-state index contributed by atoms with van der Waals surface area (Å²) in [6.45, 7) is -0.642. The summed E-state index contributed by atoms with van der Waals surface area (Å²) in [5.74, 6) is -0.127. The van der Waals surface area contributed by atoms with Crippen LogP contribution in [0, 0.1) is 15.9 Å². The number of halogens is 1. The zero-order chi connectivity index (χ0) is 20.1. The molecule has 0 atom stereocenters. The third kappa shape index (κ3) is 5.02. The highest BCUT2D eigenvalue weighted by Crippen LogP contribution is 2.45. The van der Waals surface area contributed by atoms with E-state index in [1.807, 2.05) is 35.7 Å². The molecule has 1 fully saturated rings. The zero-order valence-electron chi connectivity index (χ0n) is 14.4. The first-order valence-electron chi connectivity index (χ1n) is 8.18. The molecular weight excluding hydrogens is 407 g/mol. The predicted octanol–water partition coefficient (Wildman–Crippen LogP) is 4.01. The van der Waals surface area contributed by atoms with Crippen molar-refractivity contribution in [3.05, 3.63) is 69.5 Å². The van der Waals surface area contributed by atoms with Crippen LogP contribution in [-0.4, -0.2) is 34.9 Å². The van der Waals surface area contributed by atoms with Crippen LogP contribution in [0.25, 0.3) is 0 Å². The van der Waals surface area contributed by atoms with Crippen LogP contribution in [0.4, 0.5) is 15.8 Å². The summed E-state index contributed by atoms with van der Waals surface area (Å²) in [6.07, 6.45) is 0. The molecule has 1 aliphatic rings. The van der Waals surface area contributed by atoms with Gasteiger partial charge in [-0.25, -0.2) is 9.18 Å². The van der Waals surface area contributed by atoms with Crippen LogP contribution in [0.3, 0.4) is 0 Å². The Morgan fingerprint density at radius 1 is 1.18 bits per heavy atom. The fourth-order valence-electron chi connectivity index (χ4n) is 2.45. The topological polar surface area (TPSA) is 98.5 Å². The van der Waals surface area contributed by atoms with E-state index >= 15 is 0 Å². The normalized spacial score (nSPS) is 13.9. The third-order valence-corrected chi connectivity index (χ3v) is 6.91. The molecule has 28 heavy (non-hydrogen) atoms. The van der Waals surface area contributed by atoms with E-state index in [-0.39, 0.29) is 11.4 Å². The molecule has 2 aromatic rings. The number of ether oxygens (including phenoxy) is 1. The number of hydrogen-bond donors (Lipinski definition) is 1. The Bertz CT molecular complexity index is 901. The first-order valence-corrected chi connectivity index (χ1v) is 10.3. The van der Waals surface area contributed by atoms with Gasteiger partial charge in [0.2, 0.25) is 0 Å². The van der Waals surface area contributed by atoms with Crippen molar-refractivity contribution < 1.29 is 23.6 Å². The lowest BCUT2D eigenvalue weighted by Crippen LogP contribution is -2.21. The Morgan fingerprint density at radius 3 is 2.50 bits per heavy atom. The maximum atomic E-state index is 13.7. The number of anilines is 1. The molecule has 0 bridgehead atoms. The number of nitrogens with zero attached hydrogens (tertiary/aromatic N) is 1. The number of carbonyl (C=O) groups is 2. The summed E-state index contributed by atoms with van der Waals surface area (Å²) >= 11 is 3.70. The van der Waals surface area contributed by atoms with Gasteiger partial charge in [0, 0.05) is 23.6 Å². The van der Waals surface area contributed by atoms with Crippen LogP contribution < -0.4 is 5.32 Å². The lowest BCUT2D eigenvalue weighted by Gasteiger charge is -2.10. The fraction of sp³-hybridized carbons (Fsp3) is 0.222. The molecule has 1 aliphatic heterocycles. The Kier molecular flexibility index (Phi) is 6.53. The summed E-state index contributed by atoms with van der Waals surface area (Å²) in [4.78, 5) is 34.0. The average molecular weight is 422 g/mol. The Labute approximate surface area is 168 Å². The minimum absolute atomic E-state index is 0.297. The van der Waals surface area contributed by atoms with Crippen LogP contribution in [0.1, 0.15) is 20.5 Å². The second-order valence-electron chi connectivity index (χ2n) is 5.74. The van der Waals surface area contributed by atoms with E-state index in [4.69, 9.17) is 4.74 Å². The number of carbonyl (C=O) groups excluding carboxylic acids is 2. The first-order chi connectivity index (χ1) is 13.4. The van der Waals surface area contributed by atoms with Crippen molar-refractivity contribution in [2.24, 2.45) is 0 Å². The fourth-order valence-corrected chi connectivity index (χ4v) is 5.31. The van der Waals surface area contributed by atoms with E-state index < -0.39 is 29.2 Å². The van der Waals surface area contributed by atoms with Crippen molar-refractivity contribution in [1.82, 2.24) is 0 Å². The highest BCUT2D eigenvalue weighted by atomic mass is 32.2. The van der Waals surface area contributed by atoms with Gasteiger partial charge in [-0.05, 0) is 23.8 Å². The molecule has 0 radical (unpaired) electrons. The maximum Gasteiger partial charge on any atom is 0.338 e. The second kappa shape index (κ2) is 9.07. The van der Waals surface area contributed by atoms with Crippen molar-refractivity contribution in [3.8, 4) is 0 Å². The molecule has 0 spiro atoms. The van der Waals surface area contributed by atoms with Crippen LogP contribution in [0.15, 0.2) is 42.5 Å². The number of esters is 1. The Hall–Kier alpha value is -2.59. The summed E-state index contributed by atoms with van der Waals surface area (Å²) in [5, 5.41) is 12.9. The number of thioether (sulfide) groups is 2. The number of hydrogen-bond acceptors (Lipinski definition) is 7. The standard InChI is InChI=1S/C18H15FN2O5S2/c19-14-6-5-13(21(24)25)9-15(14)20-16(22)10-26-17(23)11-1-3-12(4-2-11)18-27-7-8-28-18/h1-6,9,18H,7-8,10H2,(H,20,22). The van der Waals surface area contributed by atoms with Crippen molar-refractivity contribution in [1.29, 1.82) is 0 Å². The molecule has 1 amide bonds. The molecule has 1 heterocycles. The number of nitro benzene ring substituents is 1. The smallest absolute Gasteiger partial charge is 0.338 e. The van der Waals surface area contributed by atoms with E-state index in [1.165, 1.54) is 0 Å². The lowest BCUT2D eigenvalue weighted by molar-refractivity contribution is -0.384. The van der Waals surface area contributed by atoms with Gasteiger partial charge in [0.1, 0.15) is 5.82 Å². The number of non-ortho nitro benzene ring substituents is 1. The summed E-state index contributed by atoms with van der Waals surface area (Å²) in [5.41, 5.74) is 0.688. The van der Waals surface area contributed by atoms with E-state index in [0.29, 0.717) is 10.1 Å². The van der Waals surface area contributed by atoms with Gasteiger partial charge in [-0.2, -0.15) is 0 Å². The number of amides is 1. The molecule has 10 heteroatoms. The lowest BCUT2D eigenvalue weighted by atomic mass is 10.1. The van der Waals surface area contributed by atoms with E-state index in [2.05, 4.69) is 5.32 Å². The second-order valence-corrected chi connectivity index (χ2v) is 8.47. The summed E-state index contributed by atoms with van der Waals surface area (Å²) in [6, 6.07) is 9.73. The SMILES string of the molecule is O=C(COC(=O)c1ccc(C2SCCS2)cc1)Nc1cc([N+](=O)[O-])ccc1F. The van der Waals surface area contributed by atoms with Crippen molar-refractivity contribution in [3.63, 3.8) is 0 Å². The van der Waals surface area contributed by atoms with Gasteiger partial charge in [0.15, 0.2) is 6.61 Å². The third-order valence-electron chi connectivity index (χ3n) is 3.81. The van der Waals surface area contributed by atoms with Crippen LogP contribution >= 0.6 is 23.5 Å². The van der Waals surface area contributed by atoms with E-state index in [0.717, 1.165) is 35.3 Å². The van der Waals surface area contributed by atoms with Gasteiger partial charge in [0.05, 0.1) is 20.8 Å². The number of nitro groups is 1. The van der Waals surface area contributed by atoms with Crippen molar-refractivity contribution in [2.75, 3.05) is 23.4 Å². The number of nitrogens with one attached hydrogen (secondary N) is 1. The zero-order valence-corrected chi connectivity index (χ0v) is 16.1. The minimum atomic E-state index is -0.830. The highest BCUT2D eigenvalue weighted by molar-refractivity contribution is 8.19. The van der Waals surface area contributed by atoms with Gasteiger partial charge < -0.3 is 10.1 Å².